The van der Waals surface area contributed by atoms with Gasteiger partial charge in [-0.1, -0.05) is 11.6 Å². The maximum atomic E-state index is 13.6. The van der Waals surface area contributed by atoms with Gasteiger partial charge in [0.15, 0.2) is 0 Å². The first-order valence-electron chi connectivity index (χ1n) is 6.19. The lowest BCUT2D eigenvalue weighted by Gasteiger charge is -2.09. The molecule has 2 aromatic carbocycles. The van der Waals surface area contributed by atoms with E-state index in [1.165, 1.54) is 23.9 Å². The average molecular weight is 312 g/mol. The predicted octanol–water partition coefficient (Wildman–Crippen LogP) is 4.75. The van der Waals surface area contributed by atoms with Crippen molar-refractivity contribution >= 4 is 29.1 Å². The predicted molar refractivity (Wildman–Crippen MR) is 83.0 cm³/mol. The molecule has 0 aliphatic rings. The second-order valence-corrected chi connectivity index (χ2v) is 5.61. The SMILES string of the molecule is CCOc1ccc(N)c(SCc2cc(Cl)ccc2F)c1. The molecule has 0 spiro atoms. The molecule has 0 amide bonds. The van der Waals surface area contributed by atoms with Crippen molar-refractivity contribution in [2.45, 2.75) is 17.6 Å². The number of nitrogen functional groups attached to an aromatic ring is 1. The minimum absolute atomic E-state index is 0.263. The smallest absolute Gasteiger partial charge is 0.127 e. The van der Waals surface area contributed by atoms with Crippen molar-refractivity contribution in [2.24, 2.45) is 0 Å². The van der Waals surface area contributed by atoms with Crippen molar-refractivity contribution in [3.8, 4) is 5.75 Å². The van der Waals surface area contributed by atoms with Gasteiger partial charge in [-0.25, -0.2) is 4.39 Å². The van der Waals surface area contributed by atoms with Gasteiger partial charge in [0.25, 0.3) is 0 Å². The molecule has 0 aliphatic carbocycles. The van der Waals surface area contributed by atoms with Crippen LogP contribution in [-0.4, -0.2) is 6.61 Å². The standard InChI is InChI=1S/C15H15ClFNOS/c1-2-19-12-4-6-14(18)15(8-12)20-9-10-7-11(16)3-5-13(10)17/h3-8H,2,9,18H2,1H3. The van der Waals surface area contributed by atoms with Crippen LogP contribution in [0.25, 0.3) is 0 Å². The molecule has 20 heavy (non-hydrogen) atoms. The number of benzene rings is 2. The Hall–Kier alpha value is -1.39. The van der Waals surface area contributed by atoms with Gasteiger partial charge in [-0.3, -0.25) is 0 Å². The second-order valence-electron chi connectivity index (χ2n) is 4.16. The van der Waals surface area contributed by atoms with E-state index in [1.807, 2.05) is 19.1 Å². The summed E-state index contributed by atoms with van der Waals surface area (Å²) in [6, 6.07) is 10.0. The Balaban J connectivity index is 2.13. The van der Waals surface area contributed by atoms with Gasteiger partial charge in [0, 0.05) is 21.4 Å². The van der Waals surface area contributed by atoms with E-state index >= 15 is 0 Å². The molecule has 2 nitrogen and oxygen atoms in total. The largest absolute Gasteiger partial charge is 0.494 e. The molecule has 2 aromatic rings. The maximum absolute atomic E-state index is 13.6. The van der Waals surface area contributed by atoms with Gasteiger partial charge in [-0.15, -0.1) is 11.8 Å². The molecule has 5 heteroatoms. The lowest BCUT2D eigenvalue weighted by Crippen LogP contribution is -1.95. The molecule has 2 rings (SSSR count). The molecule has 0 saturated carbocycles. The summed E-state index contributed by atoms with van der Waals surface area (Å²) < 4.78 is 19.1. The number of halogens is 2. The molecule has 0 aromatic heterocycles. The quantitative estimate of drug-likeness (QED) is 0.639. The molecular formula is C15H15ClFNOS. The van der Waals surface area contributed by atoms with Crippen LogP contribution in [-0.2, 0) is 5.75 Å². The fraction of sp³-hybridized carbons (Fsp3) is 0.200. The molecule has 0 heterocycles. The molecule has 0 bridgehead atoms. The van der Waals surface area contributed by atoms with Gasteiger partial charge in [0.2, 0.25) is 0 Å². The number of hydrogen-bond donors (Lipinski definition) is 1. The number of ether oxygens (including phenoxy) is 1. The molecule has 0 saturated heterocycles. The summed E-state index contributed by atoms with van der Waals surface area (Å²) >= 11 is 7.34. The van der Waals surface area contributed by atoms with Crippen molar-refractivity contribution < 1.29 is 9.13 Å². The van der Waals surface area contributed by atoms with Crippen LogP contribution in [0.2, 0.25) is 5.02 Å². The van der Waals surface area contributed by atoms with Crippen LogP contribution in [0.1, 0.15) is 12.5 Å². The van der Waals surface area contributed by atoms with Gasteiger partial charge < -0.3 is 10.5 Å². The van der Waals surface area contributed by atoms with E-state index in [9.17, 15) is 4.39 Å². The van der Waals surface area contributed by atoms with Crippen molar-refractivity contribution in [2.75, 3.05) is 12.3 Å². The zero-order chi connectivity index (χ0) is 14.5. The number of nitrogens with two attached hydrogens (primary N) is 1. The summed E-state index contributed by atoms with van der Waals surface area (Å²) in [6.07, 6.45) is 0. The number of rotatable bonds is 5. The Labute approximate surface area is 127 Å². The van der Waals surface area contributed by atoms with Crippen LogP contribution >= 0.6 is 23.4 Å². The van der Waals surface area contributed by atoms with E-state index in [0.717, 1.165) is 10.6 Å². The van der Waals surface area contributed by atoms with E-state index in [-0.39, 0.29) is 5.82 Å². The van der Waals surface area contributed by atoms with E-state index in [0.29, 0.717) is 28.6 Å². The zero-order valence-corrected chi connectivity index (χ0v) is 12.6. The second kappa shape index (κ2) is 6.86. The monoisotopic (exact) mass is 311 g/mol. The van der Waals surface area contributed by atoms with Gasteiger partial charge >= 0.3 is 0 Å². The van der Waals surface area contributed by atoms with E-state index < -0.39 is 0 Å². The normalized spacial score (nSPS) is 10.6. The summed E-state index contributed by atoms with van der Waals surface area (Å²) in [7, 11) is 0. The first-order valence-corrected chi connectivity index (χ1v) is 7.55. The topological polar surface area (TPSA) is 35.2 Å². The van der Waals surface area contributed by atoms with Gasteiger partial charge in [-0.2, -0.15) is 0 Å². The highest BCUT2D eigenvalue weighted by atomic mass is 35.5. The number of anilines is 1. The van der Waals surface area contributed by atoms with E-state index in [2.05, 4.69) is 0 Å². The summed E-state index contributed by atoms with van der Waals surface area (Å²) in [6.45, 7) is 2.52. The molecule has 0 radical (unpaired) electrons. The molecule has 0 aliphatic heterocycles. The Morgan fingerprint density at radius 2 is 2.05 bits per heavy atom. The van der Waals surface area contributed by atoms with Crippen molar-refractivity contribution in [3.05, 3.63) is 52.8 Å². The van der Waals surface area contributed by atoms with Gasteiger partial charge in [0.1, 0.15) is 11.6 Å². The fourth-order valence-corrected chi connectivity index (χ4v) is 2.87. The van der Waals surface area contributed by atoms with E-state index in [4.69, 9.17) is 22.1 Å². The molecule has 0 atom stereocenters. The van der Waals surface area contributed by atoms with Gasteiger partial charge in [0.05, 0.1) is 6.61 Å². The summed E-state index contributed by atoms with van der Waals surface area (Å²) in [5, 5.41) is 0.526. The van der Waals surface area contributed by atoms with Crippen molar-refractivity contribution in [1.82, 2.24) is 0 Å². The summed E-state index contributed by atoms with van der Waals surface area (Å²) in [4.78, 5) is 0.871. The van der Waals surface area contributed by atoms with Crippen LogP contribution < -0.4 is 10.5 Å². The highest BCUT2D eigenvalue weighted by Crippen LogP contribution is 2.32. The maximum Gasteiger partial charge on any atom is 0.127 e. The first-order chi connectivity index (χ1) is 9.60. The molecule has 0 unspecified atom stereocenters. The van der Waals surface area contributed by atoms with Crippen LogP contribution in [0, 0.1) is 5.82 Å². The third kappa shape index (κ3) is 3.81. The van der Waals surface area contributed by atoms with Gasteiger partial charge in [-0.05, 0) is 48.9 Å². The number of thioether (sulfide) groups is 1. The number of hydrogen-bond acceptors (Lipinski definition) is 3. The Morgan fingerprint density at radius 3 is 2.80 bits per heavy atom. The average Bonchev–Trinajstić information content (AvgIpc) is 2.43. The minimum Gasteiger partial charge on any atom is -0.494 e. The fourth-order valence-electron chi connectivity index (χ4n) is 1.71. The lowest BCUT2D eigenvalue weighted by atomic mass is 10.2. The molecule has 106 valence electrons. The zero-order valence-electron chi connectivity index (χ0n) is 11.0. The van der Waals surface area contributed by atoms with Crippen molar-refractivity contribution in [3.63, 3.8) is 0 Å². The Kier molecular flexibility index (Phi) is 5.15. The summed E-state index contributed by atoms with van der Waals surface area (Å²) in [5.41, 5.74) is 7.13. The van der Waals surface area contributed by atoms with Crippen LogP contribution in [0.5, 0.6) is 5.75 Å². The van der Waals surface area contributed by atoms with Crippen LogP contribution in [0.15, 0.2) is 41.3 Å². The highest BCUT2D eigenvalue weighted by Gasteiger charge is 2.07. The van der Waals surface area contributed by atoms with Crippen LogP contribution in [0.4, 0.5) is 10.1 Å². The highest BCUT2D eigenvalue weighted by molar-refractivity contribution is 7.98. The van der Waals surface area contributed by atoms with E-state index in [1.54, 1.807) is 12.1 Å². The molecule has 0 fully saturated rings. The minimum atomic E-state index is -0.263. The Bertz CT molecular complexity index is 606. The lowest BCUT2D eigenvalue weighted by molar-refractivity contribution is 0.339. The molecular weight excluding hydrogens is 297 g/mol. The molecule has 2 N–H and O–H groups in total. The van der Waals surface area contributed by atoms with Crippen molar-refractivity contribution in [1.29, 1.82) is 0 Å². The third-order valence-corrected chi connectivity index (χ3v) is 4.04. The Morgan fingerprint density at radius 1 is 1.25 bits per heavy atom. The summed E-state index contributed by atoms with van der Waals surface area (Å²) in [5.74, 6) is 0.962. The van der Waals surface area contributed by atoms with Crippen LogP contribution in [0.3, 0.4) is 0 Å². The first kappa shape index (κ1) is 15.0. The third-order valence-electron chi connectivity index (χ3n) is 2.69.